The van der Waals surface area contributed by atoms with Crippen molar-refractivity contribution in [2.45, 2.75) is 45.1 Å². The minimum atomic E-state index is 0.768. The number of rotatable bonds is 4. The zero-order chi connectivity index (χ0) is 9.97. The zero-order valence-electron chi connectivity index (χ0n) is 9.41. The SMILES string of the molecule is CC(CCCN)N1CC2CCCC2C1. The molecule has 0 amide bonds. The smallest absolute Gasteiger partial charge is 0.00676 e. The van der Waals surface area contributed by atoms with E-state index in [1.165, 1.54) is 45.2 Å². The summed E-state index contributed by atoms with van der Waals surface area (Å²) in [6.45, 7) is 5.97. The second kappa shape index (κ2) is 4.63. The van der Waals surface area contributed by atoms with Gasteiger partial charge in [0.2, 0.25) is 0 Å². The van der Waals surface area contributed by atoms with Crippen LogP contribution < -0.4 is 5.73 Å². The van der Waals surface area contributed by atoms with Gasteiger partial charge in [0.1, 0.15) is 0 Å². The second-order valence-electron chi connectivity index (χ2n) is 5.18. The fraction of sp³-hybridized carbons (Fsp3) is 1.00. The Morgan fingerprint density at radius 1 is 1.29 bits per heavy atom. The first-order valence-electron chi connectivity index (χ1n) is 6.25. The van der Waals surface area contributed by atoms with Crippen molar-refractivity contribution in [1.29, 1.82) is 0 Å². The molecule has 1 saturated carbocycles. The van der Waals surface area contributed by atoms with E-state index in [4.69, 9.17) is 5.73 Å². The maximum atomic E-state index is 5.55. The molecular formula is C12H24N2. The summed E-state index contributed by atoms with van der Waals surface area (Å²) in [5.41, 5.74) is 5.55. The Balaban J connectivity index is 1.77. The van der Waals surface area contributed by atoms with E-state index in [1.807, 2.05) is 0 Å². The number of hydrogen-bond donors (Lipinski definition) is 1. The van der Waals surface area contributed by atoms with Crippen molar-refractivity contribution in [3.8, 4) is 0 Å². The van der Waals surface area contributed by atoms with Gasteiger partial charge < -0.3 is 10.6 Å². The first-order valence-corrected chi connectivity index (χ1v) is 6.25. The molecule has 0 bridgehead atoms. The lowest BCUT2D eigenvalue weighted by Crippen LogP contribution is -2.32. The normalized spacial score (nSPS) is 34.7. The Morgan fingerprint density at radius 3 is 2.50 bits per heavy atom. The first kappa shape index (κ1) is 10.4. The van der Waals surface area contributed by atoms with E-state index in [2.05, 4.69) is 11.8 Å². The molecule has 0 radical (unpaired) electrons. The lowest BCUT2D eigenvalue weighted by atomic mass is 10.0. The van der Waals surface area contributed by atoms with Gasteiger partial charge in [-0.05, 0) is 51.0 Å². The van der Waals surface area contributed by atoms with Gasteiger partial charge in [-0.15, -0.1) is 0 Å². The third-order valence-corrected chi connectivity index (χ3v) is 4.20. The Bertz CT molecular complexity index is 169. The monoisotopic (exact) mass is 196 g/mol. The number of fused-ring (bicyclic) bond motifs is 1. The summed E-state index contributed by atoms with van der Waals surface area (Å²) in [4.78, 5) is 2.70. The molecule has 2 N–H and O–H groups in total. The molecule has 3 unspecified atom stereocenters. The molecule has 1 aliphatic heterocycles. The zero-order valence-corrected chi connectivity index (χ0v) is 9.41. The molecule has 82 valence electrons. The van der Waals surface area contributed by atoms with Crippen molar-refractivity contribution in [3.63, 3.8) is 0 Å². The van der Waals surface area contributed by atoms with Gasteiger partial charge in [0.05, 0.1) is 0 Å². The standard InChI is InChI=1S/C12H24N2/c1-10(4-3-7-13)14-8-11-5-2-6-12(11)9-14/h10-12H,2-9,13H2,1H3. The van der Waals surface area contributed by atoms with Crippen LogP contribution >= 0.6 is 0 Å². The molecule has 2 rings (SSSR count). The molecule has 2 nitrogen and oxygen atoms in total. The first-order chi connectivity index (χ1) is 6.81. The summed E-state index contributed by atoms with van der Waals surface area (Å²) < 4.78 is 0. The van der Waals surface area contributed by atoms with Crippen LogP contribution in [-0.2, 0) is 0 Å². The largest absolute Gasteiger partial charge is 0.330 e. The highest BCUT2D eigenvalue weighted by molar-refractivity contribution is 4.90. The fourth-order valence-electron chi connectivity index (χ4n) is 3.23. The molecule has 14 heavy (non-hydrogen) atoms. The quantitative estimate of drug-likeness (QED) is 0.743. The summed E-state index contributed by atoms with van der Waals surface area (Å²) in [6.07, 6.45) is 6.94. The second-order valence-corrected chi connectivity index (χ2v) is 5.18. The predicted octanol–water partition coefficient (Wildman–Crippen LogP) is 1.85. The molecular weight excluding hydrogens is 172 g/mol. The predicted molar refractivity (Wildman–Crippen MR) is 60.2 cm³/mol. The Labute approximate surface area is 87.8 Å². The summed E-state index contributed by atoms with van der Waals surface area (Å²) in [6, 6.07) is 0.768. The molecule has 0 aromatic carbocycles. The van der Waals surface area contributed by atoms with Crippen LogP contribution in [-0.4, -0.2) is 30.6 Å². The van der Waals surface area contributed by atoms with Crippen molar-refractivity contribution in [3.05, 3.63) is 0 Å². The van der Waals surface area contributed by atoms with Gasteiger partial charge in [-0.2, -0.15) is 0 Å². The molecule has 0 spiro atoms. The van der Waals surface area contributed by atoms with Crippen LogP contribution in [0.2, 0.25) is 0 Å². The maximum Gasteiger partial charge on any atom is 0.00676 e. The summed E-state index contributed by atoms with van der Waals surface area (Å²) in [5, 5.41) is 0. The van der Waals surface area contributed by atoms with Gasteiger partial charge in [0.25, 0.3) is 0 Å². The molecule has 0 aromatic rings. The van der Waals surface area contributed by atoms with E-state index in [1.54, 1.807) is 0 Å². The van der Waals surface area contributed by atoms with E-state index < -0.39 is 0 Å². The highest BCUT2D eigenvalue weighted by Gasteiger charge is 2.37. The highest BCUT2D eigenvalue weighted by atomic mass is 15.2. The van der Waals surface area contributed by atoms with Gasteiger partial charge >= 0.3 is 0 Å². The van der Waals surface area contributed by atoms with Gasteiger partial charge in [0.15, 0.2) is 0 Å². The average Bonchev–Trinajstić information content (AvgIpc) is 2.72. The van der Waals surface area contributed by atoms with Crippen LogP contribution in [0.4, 0.5) is 0 Å². The number of likely N-dealkylation sites (tertiary alicyclic amines) is 1. The molecule has 2 heteroatoms. The van der Waals surface area contributed by atoms with E-state index in [0.29, 0.717) is 0 Å². The van der Waals surface area contributed by atoms with Gasteiger partial charge in [0, 0.05) is 19.1 Å². The Hall–Kier alpha value is -0.0800. The van der Waals surface area contributed by atoms with Crippen molar-refractivity contribution < 1.29 is 0 Å². The number of nitrogens with zero attached hydrogens (tertiary/aromatic N) is 1. The van der Waals surface area contributed by atoms with Crippen molar-refractivity contribution in [1.82, 2.24) is 4.90 Å². The summed E-state index contributed by atoms with van der Waals surface area (Å²) >= 11 is 0. The van der Waals surface area contributed by atoms with E-state index in [9.17, 15) is 0 Å². The minimum Gasteiger partial charge on any atom is -0.330 e. The molecule has 3 atom stereocenters. The fourth-order valence-corrected chi connectivity index (χ4v) is 3.23. The molecule has 0 aromatic heterocycles. The number of hydrogen-bond acceptors (Lipinski definition) is 2. The molecule has 2 aliphatic rings. The minimum absolute atomic E-state index is 0.768. The lowest BCUT2D eigenvalue weighted by molar-refractivity contribution is 0.226. The molecule has 1 saturated heterocycles. The lowest BCUT2D eigenvalue weighted by Gasteiger charge is -2.24. The van der Waals surface area contributed by atoms with Crippen molar-refractivity contribution >= 4 is 0 Å². The third kappa shape index (κ3) is 2.12. The van der Waals surface area contributed by atoms with E-state index in [-0.39, 0.29) is 0 Å². The van der Waals surface area contributed by atoms with Crippen molar-refractivity contribution in [2.24, 2.45) is 17.6 Å². The van der Waals surface area contributed by atoms with Crippen LogP contribution in [0.25, 0.3) is 0 Å². The van der Waals surface area contributed by atoms with Gasteiger partial charge in [-0.3, -0.25) is 0 Å². The molecule has 1 aliphatic carbocycles. The van der Waals surface area contributed by atoms with Gasteiger partial charge in [-0.25, -0.2) is 0 Å². The van der Waals surface area contributed by atoms with Crippen LogP contribution in [0.5, 0.6) is 0 Å². The van der Waals surface area contributed by atoms with Crippen LogP contribution in [0.15, 0.2) is 0 Å². The van der Waals surface area contributed by atoms with Crippen LogP contribution in [0, 0.1) is 11.8 Å². The van der Waals surface area contributed by atoms with Crippen LogP contribution in [0.1, 0.15) is 39.0 Å². The Morgan fingerprint density at radius 2 is 1.93 bits per heavy atom. The number of nitrogens with two attached hydrogens (primary N) is 1. The maximum absolute atomic E-state index is 5.55. The summed E-state index contributed by atoms with van der Waals surface area (Å²) in [5.74, 6) is 2.07. The van der Waals surface area contributed by atoms with Gasteiger partial charge in [-0.1, -0.05) is 6.42 Å². The highest BCUT2D eigenvalue weighted by Crippen LogP contribution is 2.38. The average molecular weight is 196 g/mol. The third-order valence-electron chi connectivity index (χ3n) is 4.20. The summed E-state index contributed by atoms with van der Waals surface area (Å²) in [7, 11) is 0. The molecule has 2 fully saturated rings. The van der Waals surface area contributed by atoms with E-state index in [0.717, 1.165) is 24.4 Å². The van der Waals surface area contributed by atoms with Crippen LogP contribution in [0.3, 0.4) is 0 Å². The Kier molecular flexibility index (Phi) is 3.45. The van der Waals surface area contributed by atoms with E-state index >= 15 is 0 Å². The topological polar surface area (TPSA) is 29.3 Å². The molecule has 1 heterocycles. The van der Waals surface area contributed by atoms with Crippen molar-refractivity contribution in [2.75, 3.05) is 19.6 Å².